The van der Waals surface area contributed by atoms with Crippen LogP contribution in [0, 0.1) is 11.3 Å². The molecule has 0 bridgehead atoms. The van der Waals surface area contributed by atoms with Crippen molar-refractivity contribution in [3.8, 4) is 6.07 Å². The summed E-state index contributed by atoms with van der Waals surface area (Å²) >= 11 is 6.22. The summed E-state index contributed by atoms with van der Waals surface area (Å²) in [6.07, 6.45) is 1.20. The minimum Gasteiger partial charge on any atom is -0.315 e. The Morgan fingerprint density at radius 3 is 2.94 bits per heavy atom. The predicted molar refractivity (Wildman–Crippen MR) is 73.5 cm³/mol. The standard InChI is InChI=1S/C14H18ClN3/c1-2-18(13-5-6-17-9-13)10-12-4-3-11(8-16)7-14(12)15/h3-4,7,13,17H,2,5-6,9-10H2,1H3. The Labute approximate surface area is 113 Å². The minimum atomic E-state index is 0.599. The van der Waals surface area contributed by atoms with Crippen LogP contribution in [0.25, 0.3) is 0 Å². The van der Waals surface area contributed by atoms with Crippen molar-refractivity contribution in [3.63, 3.8) is 0 Å². The van der Waals surface area contributed by atoms with Crippen LogP contribution in [0.2, 0.25) is 5.02 Å². The molecule has 1 aromatic carbocycles. The molecule has 0 aromatic heterocycles. The highest BCUT2D eigenvalue weighted by atomic mass is 35.5. The van der Waals surface area contributed by atoms with Gasteiger partial charge < -0.3 is 5.32 Å². The second kappa shape index (κ2) is 6.19. The summed E-state index contributed by atoms with van der Waals surface area (Å²) in [5, 5.41) is 12.9. The molecule has 0 spiro atoms. The molecular formula is C14H18ClN3. The van der Waals surface area contributed by atoms with Crippen molar-refractivity contribution in [2.45, 2.75) is 25.9 Å². The number of likely N-dealkylation sites (N-methyl/N-ethyl adjacent to an activating group) is 1. The van der Waals surface area contributed by atoms with Gasteiger partial charge in [-0.3, -0.25) is 4.90 Å². The molecule has 1 N–H and O–H groups in total. The maximum atomic E-state index is 8.83. The van der Waals surface area contributed by atoms with E-state index in [1.54, 1.807) is 6.07 Å². The van der Waals surface area contributed by atoms with E-state index in [4.69, 9.17) is 16.9 Å². The van der Waals surface area contributed by atoms with Crippen LogP contribution in [0.15, 0.2) is 18.2 Å². The lowest BCUT2D eigenvalue weighted by atomic mass is 10.1. The fourth-order valence-corrected chi connectivity index (χ4v) is 2.65. The van der Waals surface area contributed by atoms with Crippen LogP contribution in [0.5, 0.6) is 0 Å². The summed E-state index contributed by atoms with van der Waals surface area (Å²) in [5.41, 5.74) is 1.72. The molecular weight excluding hydrogens is 246 g/mol. The van der Waals surface area contributed by atoms with E-state index in [1.807, 2.05) is 12.1 Å². The third-order valence-electron chi connectivity index (χ3n) is 3.51. The lowest BCUT2D eigenvalue weighted by Gasteiger charge is -2.27. The zero-order valence-electron chi connectivity index (χ0n) is 10.6. The molecule has 1 aromatic rings. The van der Waals surface area contributed by atoms with Crippen molar-refractivity contribution in [3.05, 3.63) is 34.3 Å². The first-order valence-corrected chi connectivity index (χ1v) is 6.75. The first kappa shape index (κ1) is 13.4. The quantitative estimate of drug-likeness (QED) is 0.907. The lowest BCUT2D eigenvalue weighted by molar-refractivity contribution is 0.210. The van der Waals surface area contributed by atoms with Gasteiger partial charge in [-0.2, -0.15) is 5.26 Å². The highest BCUT2D eigenvalue weighted by Crippen LogP contribution is 2.21. The molecule has 1 unspecified atom stereocenters. The molecule has 0 saturated carbocycles. The largest absolute Gasteiger partial charge is 0.315 e. The smallest absolute Gasteiger partial charge is 0.0992 e. The molecule has 0 amide bonds. The van der Waals surface area contributed by atoms with E-state index < -0.39 is 0 Å². The first-order valence-electron chi connectivity index (χ1n) is 6.38. The van der Waals surface area contributed by atoms with Gasteiger partial charge in [0.1, 0.15) is 0 Å². The Hall–Kier alpha value is -1.08. The van der Waals surface area contributed by atoms with Gasteiger partial charge in [0.15, 0.2) is 0 Å². The maximum absolute atomic E-state index is 8.83. The molecule has 96 valence electrons. The van der Waals surface area contributed by atoms with Gasteiger partial charge in [-0.15, -0.1) is 0 Å². The molecule has 4 heteroatoms. The summed E-state index contributed by atoms with van der Waals surface area (Å²) in [5.74, 6) is 0. The molecule has 1 aliphatic rings. The molecule has 0 aliphatic carbocycles. The predicted octanol–water partition coefficient (Wildman–Crippen LogP) is 2.40. The van der Waals surface area contributed by atoms with Crippen LogP contribution in [-0.2, 0) is 6.54 Å². The van der Waals surface area contributed by atoms with Crippen molar-refractivity contribution >= 4 is 11.6 Å². The van der Waals surface area contributed by atoms with Gasteiger partial charge in [-0.1, -0.05) is 24.6 Å². The van der Waals surface area contributed by atoms with Crippen LogP contribution >= 0.6 is 11.6 Å². The molecule has 18 heavy (non-hydrogen) atoms. The number of rotatable bonds is 4. The molecule has 1 heterocycles. The third kappa shape index (κ3) is 3.02. The van der Waals surface area contributed by atoms with Crippen molar-refractivity contribution in [1.29, 1.82) is 5.26 Å². The molecule has 1 aliphatic heterocycles. The zero-order valence-corrected chi connectivity index (χ0v) is 11.4. The van der Waals surface area contributed by atoms with E-state index >= 15 is 0 Å². The molecule has 1 saturated heterocycles. The normalized spacial score (nSPS) is 19.1. The van der Waals surface area contributed by atoms with E-state index in [9.17, 15) is 0 Å². The second-order valence-corrected chi connectivity index (χ2v) is 5.03. The molecule has 1 atom stereocenters. The van der Waals surface area contributed by atoms with Gasteiger partial charge in [-0.25, -0.2) is 0 Å². The van der Waals surface area contributed by atoms with E-state index in [2.05, 4.69) is 23.2 Å². The van der Waals surface area contributed by atoms with Crippen LogP contribution in [-0.4, -0.2) is 30.6 Å². The maximum Gasteiger partial charge on any atom is 0.0992 e. The highest BCUT2D eigenvalue weighted by Gasteiger charge is 2.21. The van der Waals surface area contributed by atoms with Gasteiger partial charge in [0.25, 0.3) is 0 Å². The van der Waals surface area contributed by atoms with Gasteiger partial charge in [0.05, 0.1) is 11.6 Å². The van der Waals surface area contributed by atoms with E-state index in [-0.39, 0.29) is 0 Å². The van der Waals surface area contributed by atoms with Crippen LogP contribution < -0.4 is 5.32 Å². The van der Waals surface area contributed by atoms with E-state index in [0.29, 0.717) is 16.6 Å². The summed E-state index contributed by atoms with van der Waals surface area (Å²) in [6, 6.07) is 8.26. The lowest BCUT2D eigenvalue weighted by Crippen LogP contribution is -2.36. The van der Waals surface area contributed by atoms with Gasteiger partial charge in [0, 0.05) is 24.2 Å². The Kier molecular flexibility index (Phi) is 4.60. The fourth-order valence-electron chi connectivity index (χ4n) is 2.41. The Morgan fingerprint density at radius 2 is 2.39 bits per heavy atom. The van der Waals surface area contributed by atoms with Crippen LogP contribution in [0.1, 0.15) is 24.5 Å². The van der Waals surface area contributed by atoms with E-state index in [0.717, 1.165) is 31.7 Å². The van der Waals surface area contributed by atoms with E-state index in [1.165, 1.54) is 6.42 Å². The molecule has 1 fully saturated rings. The minimum absolute atomic E-state index is 0.599. The van der Waals surface area contributed by atoms with Crippen molar-refractivity contribution in [2.75, 3.05) is 19.6 Å². The number of nitriles is 1. The summed E-state index contributed by atoms with van der Waals surface area (Å²) in [4.78, 5) is 2.44. The molecule has 2 rings (SSSR count). The number of hydrogen-bond acceptors (Lipinski definition) is 3. The molecule has 3 nitrogen and oxygen atoms in total. The Balaban J connectivity index is 2.09. The SMILES string of the molecule is CCN(Cc1ccc(C#N)cc1Cl)C1CCNC1. The fraction of sp³-hybridized carbons (Fsp3) is 0.500. The number of nitrogens with one attached hydrogen (secondary N) is 1. The van der Waals surface area contributed by atoms with Gasteiger partial charge >= 0.3 is 0 Å². The monoisotopic (exact) mass is 263 g/mol. The summed E-state index contributed by atoms with van der Waals surface area (Å²) < 4.78 is 0. The third-order valence-corrected chi connectivity index (χ3v) is 3.86. The second-order valence-electron chi connectivity index (χ2n) is 4.63. The number of benzene rings is 1. The van der Waals surface area contributed by atoms with Gasteiger partial charge in [-0.05, 0) is 37.2 Å². The summed E-state index contributed by atoms with van der Waals surface area (Å²) in [6.45, 7) is 6.20. The Morgan fingerprint density at radius 1 is 1.56 bits per heavy atom. The van der Waals surface area contributed by atoms with Crippen molar-refractivity contribution < 1.29 is 0 Å². The molecule has 0 radical (unpaired) electrons. The van der Waals surface area contributed by atoms with Crippen molar-refractivity contribution in [2.24, 2.45) is 0 Å². The number of nitrogens with zero attached hydrogens (tertiary/aromatic N) is 2. The zero-order chi connectivity index (χ0) is 13.0. The number of hydrogen-bond donors (Lipinski definition) is 1. The van der Waals surface area contributed by atoms with Crippen molar-refractivity contribution in [1.82, 2.24) is 10.2 Å². The average Bonchev–Trinajstić information content (AvgIpc) is 2.91. The average molecular weight is 264 g/mol. The number of halogens is 1. The first-order chi connectivity index (χ1) is 8.74. The van der Waals surface area contributed by atoms with Crippen LogP contribution in [0.3, 0.4) is 0 Å². The topological polar surface area (TPSA) is 39.1 Å². The summed E-state index contributed by atoms with van der Waals surface area (Å²) in [7, 11) is 0. The van der Waals surface area contributed by atoms with Crippen LogP contribution in [0.4, 0.5) is 0 Å². The highest BCUT2D eigenvalue weighted by molar-refractivity contribution is 6.31. The Bertz CT molecular complexity index is 447. The van der Waals surface area contributed by atoms with Gasteiger partial charge in [0.2, 0.25) is 0 Å².